The van der Waals surface area contributed by atoms with Crippen molar-refractivity contribution in [2.75, 3.05) is 0 Å². The second-order valence-electron chi connectivity index (χ2n) is 7.66. The third-order valence-corrected chi connectivity index (χ3v) is 5.55. The third kappa shape index (κ3) is 2.71. The van der Waals surface area contributed by atoms with Gasteiger partial charge in [-0.2, -0.15) is 0 Å². The number of rotatable bonds is 3. The van der Waals surface area contributed by atoms with Gasteiger partial charge in [0.2, 0.25) is 0 Å². The molecule has 1 heteroatoms. The van der Waals surface area contributed by atoms with Gasteiger partial charge in [-0.15, -0.1) is 0 Å². The first-order valence-corrected chi connectivity index (χ1v) is 9.91. The van der Waals surface area contributed by atoms with Crippen LogP contribution >= 0.6 is 0 Å². The molecule has 0 spiro atoms. The SMILES string of the molecule is CC(C)n1c2ccccc2c2cc(-c3ccc(-c4ccccc4)cc3)ccc21. The van der Waals surface area contributed by atoms with E-state index in [-0.39, 0.29) is 0 Å². The Balaban J connectivity index is 1.63. The zero-order valence-electron chi connectivity index (χ0n) is 16.3. The van der Waals surface area contributed by atoms with Gasteiger partial charge in [-0.3, -0.25) is 0 Å². The summed E-state index contributed by atoms with van der Waals surface area (Å²) in [6.45, 7) is 4.50. The first kappa shape index (κ1) is 16.8. The van der Waals surface area contributed by atoms with E-state index in [1.165, 1.54) is 44.1 Å². The highest BCUT2D eigenvalue weighted by Gasteiger charge is 2.13. The van der Waals surface area contributed by atoms with Crippen LogP contribution in [0.2, 0.25) is 0 Å². The van der Waals surface area contributed by atoms with E-state index in [9.17, 15) is 0 Å². The van der Waals surface area contributed by atoms with E-state index >= 15 is 0 Å². The fourth-order valence-corrected chi connectivity index (χ4v) is 4.22. The molecule has 136 valence electrons. The zero-order chi connectivity index (χ0) is 19.1. The van der Waals surface area contributed by atoms with Crippen molar-refractivity contribution in [1.29, 1.82) is 0 Å². The van der Waals surface area contributed by atoms with Gasteiger partial charge in [-0.05, 0) is 54.3 Å². The Morgan fingerprint density at radius 2 is 1.04 bits per heavy atom. The molecule has 0 unspecified atom stereocenters. The van der Waals surface area contributed by atoms with E-state index in [4.69, 9.17) is 0 Å². The fraction of sp³-hybridized carbons (Fsp3) is 0.111. The molecular weight excluding hydrogens is 338 g/mol. The topological polar surface area (TPSA) is 4.93 Å². The van der Waals surface area contributed by atoms with Crippen LogP contribution in [0.25, 0.3) is 44.1 Å². The molecule has 1 aromatic heterocycles. The summed E-state index contributed by atoms with van der Waals surface area (Å²) >= 11 is 0. The third-order valence-electron chi connectivity index (χ3n) is 5.55. The average molecular weight is 361 g/mol. The van der Waals surface area contributed by atoms with Crippen molar-refractivity contribution < 1.29 is 0 Å². The van der Waals surface area contributed by atoms with Crippen molar-refractivity contribution >= 4 is 21.8 Å². The number of benzene rings is 4. The number of para-hydroxylation sites is 1. The molecule has 0 amide bonds. The first-order chi connectivity index (χ1) is 13.7. The van der Waals surface area contributed by atoms with Gasteiger partial charge >= 0.3 is 0 Å². The Hall–Kier alpha value is -3.32. The molecule has 4 aromatic carbocycles. The van der Waals surface area contributed by atoms with Crippen molar-refractivity contribution in [3.8, 4) is 22.3 Å². The van der Waals surface area contributed by atoms with Crippen LogP contribution in [0.3, 0.4) is 0 Å². The Labute approximate surface area is 165 Å². The standard InChI is InChI=1S/C27H23N/c1-19(2)28-26-11-7-6-10-24(26)25-18-23(16-17-27(25)28)22-14-12-21(13-15-22)20-8-4-3-5-9-20/h3-19H,1-2H3. The Morgan fingerprint density at radius 1 is 0.500 bits per heavy atom. The summed E-state index contributed by atoms with van der Waals surface area (Å²) in [5.41, 5.74) is 7.64. The monoisotopic (exact) mass is 361 g/mol. The fourth-order valence-electron chi connectivity index (χ4n) is 4.22. The first-order valence-electron chi connectivity index (χ1n) is 9.91. The van der Waals surface area contributed by atoms with E-state index in [1.54, 1.807) is 0 Å². The molecule has 1 nitrogen and oxygen atoms in total. The maximum Gasteiger partial charge on any atom is 0.0494 e. The molecule has 28 heavy (non-hydrogen) atoms. The number of aromatic nitrogens is 1. The highest BCUT2D eigenvalue weighted by molar-refractivity contribution is 6.09. The molecule has 0 bridgehead atoms. The van der Waals surface area contributed by atoms with Crippen molar-refractivity contribution in [1.82, 2.24) is 4.57 Å². The lowest BCUT2D eigenvalue weighted by Crippen LogP contribution is -1.99. The molecule has 5 rings (SSSR count). The van der Waals surface area contributed by atoms with Crippen LogP contribution in [-0.4, -0.2) is 4.57 Å². The van der Waals surface area contributed by atoms with E-state index in [1.807, 2.05) is 0 Å². The molecule has 0 aliphatic carbocycles. The smallest absolute Gasteiger partial charge is 0.0494 e. The van der Waals surface area contributed by atoms with Gasteiger partial charge < -0.3 is 4.57 Å². The summed E-state index contributed by atoms with van der Waals surface area (Å²) in [5.74, 6) is 0. The average Bonchev–Trinajstić information content (AvgIpc) is 3.08. The molecule has 0 radical (unpaired) electrons. The van der Waals surface area contributed by atoms with Gasteiger partial charge in [0.15, 0.2) is 0 Å². The van der Waals surface area contributed by atoms with E-state index in [0.29, 0.717) is 6.04 Å². The minimum absolute atomic E-state index is 0.429. The number of hydrogen-bond acceptors (Lipinski definition) is 0. The number of hydrogen-bond donors (Lipinski definition) is 0. The van der Waals surface area contributed by atoms with Gasteiger partial charge in [0.05, 0.1) is 0 Å². The highest BCUT2D eigenvalue weighted by atomic mass is 15.0. The van der Waals surface area contributed by atoms with Crippen LogP contribution in [0.4, 0.5) is 0 Å². The van der Waals surface area contributed by atoms with Crippen molar-refractivity contribution in [2.24, 2.45) is 0 Å². The van der Waals surface area contributed by atoms with E-state index < -0.39 is 0 Å². The van der Waals surface area contributed by atoms with Crippen LogP contribution in [0.5, 0.6) is 0 Å². The van der Waals surface area contributed by atoms with Crippen LogP contribution in [0.15, 0.2) is 97.1 Å². The Bertz CT molecular complexity index is 1260. The summed E-state index contributed by atoms with van der Waals surface area (Å²) in [6.07, 6.45) is 0. The minimum Gasteiger partial charge on any atom is -0.338 e. The molecule has 0 aliphatic rings. The Kier molecular flexibility index (Phi) is 4.02. The molecule has 0 saturated carbocycles. The summed E-state index contributed by atoms with van der Waals surface area (Å²) in [7, 11) is 0. The number of nitrogens with zero attached hydrogens (tertiary/aromatic N) is 1. The quantitative estimate of drug-likeness (QED) is 0.310. The lowest BCUT2D eigenvalue weighted by Gasteiger charge is -2.11. The molecule has 0 N–H and O–H groups in total. The van der Waals surface area contributed by atoms with E-state index in [2.05, 4.69) is 115 Å². The maximum atomic E-state index is 2.44. The van der Waals surface area contributed by atoms with Gasteiger partial charge in [-0.1, -0.05) is 78.9 Å². The predicted molar refractivity (Wildman–Crippen MR) is 121 cm³/mol. The highest BCUT2D eigenvalue weighted by Crippen LogP contribution is 2.35. The molecule has 0 fully saturated rings. The lowest BCUT2D eigenvalue weighted by molar-refractivity contribution is 0.642. The zero-order valence-corrected chi connectivity index (χ0v) is 16.3. The number of fused-ring (bicyclic) bond motifs is 3. The molecule has 1 heterocycles. The lowest BCUT2D eigenvalue weighted by atomic mass is 9.99. The Morgan fingerprint density at radius 3 is 1.75 bits per heavy atom. The largest absolute Gasteiger partial charge is 0.338 e. The van der Waals surface area contributed by atoms with Crippen LogP contribution in [-0.2, 0) is 0 Å². The molecule has 0 saturated heterocycles. The van der Waals surface area contributed by atoms with Gasteiger partial charge in [0.1, 0.15) is 0 Å². The summed E-state index contributed by atoms with van der Waals surface area (Å²) in [5, 5.41) is 2.66. The maximum absolute atomic E-state index is 2.44. The molecular formula is C27H23N. The van der Waals surface area contributed by atoms with Crippen LogP contribution < -0.4 is 0 Å². The van der Waals surface area contributed by atoms with Gasteiger partial charge in [0, 0.05) is 27.8 Å². The normalized spacial score (nSPS) is 11.5. The van der Waals surface area contributed by atoms with Gasteiger partial charge in [0.25, 0.3) is 0 Å². The summed E-state index contributed by atoms with van der Waals surface area (Å²) in [6, 6.07) is 35.4. The van der Waals surface area contributed by atoms with Crippen molar-refractivity contribution in [2.45, 2.75) is 19.9 Å². The summed E-state index contributed by atoms with van der Waals surface area (Å²) in [4.78, 5) is 0. The minimum atomic E-state index is 0.429. The second-order valence-corrected chi connectivity index (χ2v) is 7.66. The van der Waals surface area contributed by atoms with Crippen molar-refractivity contribution in [3.63, 3.8) is 0 Å². The molecule has 0 atom stereocenters. The van der Waals surface area contributed by atoms with E-state index in [0.717, 1.165) is 0 Å². The predicted octanol–water partition coefficient (Wildman–Crippen LogP) is 7.71. The molecule has 0 aliphatic heterocycles. The summed E-state index contributed by atoms with van der Waals surface area (Å²) < 4.78 is 2.44. The van der Waals surface area contributed by atoms with Crippen LogP contribution in [0, 0.1) is 0 Å². The second kappa shape index (κ2) is 6.69. The van der Waals surface area contributed by atoms with Gasteiger partial charge in [-0.25, -0.2) is 0 Å². The van der Waals surface area contributed by atoms with Crippen molar-refractivity contribution in [3.05, 3.63) is 97.1 Å². The molecule has 5 aromatic rings. The van der Waals surface area contributed by atoms with Crippen LogP contribution in [0.1, 0.15) is 19.9 Å².